The van der Waals surface area contributed by atoms with Crippen LogP contribution >= 0.6 is 11.6 Å². The number of carbonyl (C=O) groups excluding carboxylic acids is 1. The lowest BCUT2D eigenvalue weighted by atomic mass is 9.93. The maximum atomic E-state index is 13.6. The van der Waals surface area contributed by atoms with Gasteiger partial charge in [0.15, 0.2) is 0 Å². The highest BCUT2D eigenvalue weighted by atomic mass is 35.5. The van der Waals surface area contributed by atoms with E-state index >= 15 is 0 Å². The minimum Gasteiger partial charge on any atom is -0.456 e. The summed E-state index contributed by atoms with van der Waals surface area (Å²) in [5.74, 6) is 0.404. The first kappa shape index (κ1) is 27.6. The van der Waals surface area contributed by atoms with Gasteiger partial charge in [-0.1, -0.05) is 50.7 Å². The van der Waals surface area contributed by atoms with Crippen LogP contribution in [0.5, 0.6) is 0 Å². The molecule has 0 saturated carbocycles. The molecular weight excluding hydrogens is 501 g/mol. The summed E-state index contributed by atoms with van der Waals surface area (Å²) in [6.07, 6.45) is 9.21. The molecule has 0 atom stereocenters. The van der Waals surface area contributed by atoms with Crippen LogP contribution in [0.25, 0.3) is 33.4 Å². The highest BCUT2D eigenvalue weighted by molar-refractivity contribution is 6.27. The van der Waals surface area contributed by atoms with Gasteiger partial charge in [-0.3, -0.25) is 9.79 Å². The highest BCUT2D eigenvalue weighted by Gasteiger charge is 2.17. The number of nitrogens with zero attached hydrogens (tertiary/aromatic N) is 1. The molecule has 2 aromatic rings. The first-order valence-corrected chi connectivity index (χ1v) is 13.9. The molecule has 1 aliphatic carbocycles. The first-order valence-electron chi connectivity index (χ1n) is 13.4. The van der Waals surface area contributed by atoms with Gasteiger partial charge in [-0.25, -0.2) is 4.39 Å². The fourth-order valence-corrected chi connectivity index (χ4v) is 4.80. The molecule has 0 radical (unpaired) electrons. The Balaban J connectivity index is 1.33. The van der Waals surface area contributed by atoms with Gasteiger partial charge in [-0.2, -0.15) is 0 Å². The monoisotopic (exact) mass is 535 g/mol. The van der Waals surface area contributed by atoms with Crippen LogP contribution in [-0.4, -0.2) is 24.9 Å². The second-order valence-corrected chi connectivity index (χ2v) is 9.88. The van der Waals surface area contributed by atoms with Crippen LogP contribution in [0.4, 0.5) is 10.1 Å². The summed E-state index contributed by atoms with van der Waals surface area (Å²) >= 11 is 5.46. The smallest absolute Gasteiger partial charge is 0.234 e. The Hall–Kier alpha value is -3.38. The van der Waals surface area contributed by atoms with Gasteiger partial charge in [-0.05, 0) is 54.8 Å². The molecule has 2 aliphatic rings. The number of fused-ring (bicyclic) bond motifs is 2. The third-order valence-electron chi connectivity index (χ3n) is 6.69. The molecule has 38 heavy (non-hydrogen) atoms. The van der Waals surface area contributed by atoms with Crippen molar-refractivity contribution in [2.45, 2.75) is 51.4 Å². The predicted molar refractivity (Wildman–Crippen MR) is 154 cm³/mol. The van der Waals surface area contributed by atoms with Crippen LogP contribution in [0.1, 0.15) is 51.4 Å². The van der Waals surface area contributed by atoms with Gasteiger partial charge < -0.3 is 15.5 Å². The minimum absolute atomic E-state index is 0.0354. The van der Waals surface area contributed by atoms with Gasteiger partial charge in [0, 0.05) is 47.4 Å². The zero-order chi connectivity index (χ0) is 26.7. The second kappa shape index (κ2) is 14.0. The summed E-state index contributed by atoms with van der Waals surface area (Å²) in [6, 6.07) is 18.2. The SMILES string of the molecule is Nc1ccc2c(-c3ccc(F)cc3)c3ccc(=NCCCCCCCCCCNC(=O)CCl)cc-3oc2c1. The number of amides is 1. The Morgan fingerprint density at radius 2 is 1.61 bits per heavy atom. The van der Waals surface area contributed by atoms with Crippen molar-refractivity contribution in [3.05, 3.63) is 71.8 Å². The number of anilines is 1. The fraction of sp³-hybridized carbons (Fsp3) is 0.355. The van der Waals surface area contributed by atoms with E-state index in [4.69, 9.17) is 26.7 Å². The Morgan fingerprint density at radius 3 is 2.34 bits per heavy atom. The molecule has 0 unspecified atom stereocenters. The topological polar surface area (TPSA) is 80.6 Å². The lowest BCUT2D eigenvalue weighted by Crippen LogP contribution is -2.25. The third-order valence-corrected chi connectivity index (χ3v) is 6.93. The van der Waals surface area contributed by atoms with Gasteiger partial charge in [-0.15, -0.1) is 11.6 Å². The number of carbonyl (C=O) groups is 1. The largest absolute Gasteiger partial charge is 0.456 e. The second-order valence-electron chi connectivity index (χ2n) is 9.61. The molecule has 0 bridgehead atoms. The van der Waals surface area contributed by atoms with Crippen molar-refractivity contribution >= 4 is 34.2 Å². The van der Waals surface area contributed by atoms with Crippen molar-refractivity contribution in [1.82, 2.24) is 5.32 Å². The van der Waals surface area contributed by atoms with Crippen molar-refractivity contribution in [2.24, 2.45) is 4.99 Å². The molecule has 7 heteroatoms. The van der Waals surface area contributed by atoms with Gasteiger partial charge in [0.1, 0.15) is 23.0 Å². The number of nitrogens with one attached hydrogen (secondary N) is 1. The lowest BCUT2D eigenvalue weighted by Gasteiger charge is -2.15. The van der Waals surface area contributed by atoms with Crippen LogP contribution in [0.2, 0.25) is 0 Å². The lowest BCUT2D eigenvalue weighted by molar-refractivity contribution is -0.118. The fourth-order valence-electron chi connectivity index (χ4n) is 4.70. The van der Waals surface area contributed by atoms with Crippen LogP contribution in [0.3, 0.4) is 0 Å². The van der Waals surface area contributed by atoms with Crippen LogP contribution in [-0.2, 0) is 4.79 Å². The Labute approximate surface area is 228 Å². The number of nitrogen functional groups attached to an aromatic ring is 1. The number of rotatable bonds is 13. The van der Waals surface area contributed by atoms with Crippen LogP contribution in [0.15, 0.2) is 70.1 Å². The van der Waals surface area contributed by atoms with Crippen molar-refractivity contribution in [1.29, 1.82) is 0 Å². The van der Waals surface area contributed by atoms with E-state index in [1.165, 1.54) is 37.8 Å². The normalized spacial score (nSPS) is 11.9. The molecular formula is C31H35ClFN3O2. The molecule has 0 aromatic heterocycles. The molecule has 0 saturated heterocycles. The summed E-state index contributed by atoms with van der Waals surface area (Å²) in [6.45, 7) is 1.49. The van der Waals surface area contributed by atoms with E-state index in [2.05, 4.69) is 5.32 Å². The summed E-state index contributed by atoms with van der Waals surface area (Å²) in [4.78, 5) is 15.9. The number of unbranched alkanes of at least 4 members (excludes halogenated alkanes) is 7. The average Bonchev–Trinajstić information content (AvgIpc) is 2.92. The molecule has 3 N–H and O–H groups in total. The number of alkyl halides is 1. The predicted octanol–water partition coefficient (Wildman–Crippen LogP) is 7.30. The first-order chi connectivity index (χ1) is 18.5. The van der Waals surface area contributed by atoms with E-state index in [0.717, 1.165) is 65.4 Å². The number of nitrogens with two attached hydrogens (primary N) is 1. The van der Waals surface area contributed by atoms with Gasteiger partial charge >= 0.3 is 0 Å². The highest BCUT2D eigenvalue weighted by Crippen LogP contribution is 2.40. The molecule has 200 valence electrons. The van der Waals surface area contributed by atoms with Crippen LogP contribution < -0.4 is 16.4 Å². The molecule has 2 aromatic carbocycles. The van der Waals surface area contributed by atoms with Gasteiger partial charge in [0.05, 0.1) is 5.36 Å². The van der Waals surface area contributed by atoms with Crippen molar-refractivity contribution < 1.29 is 13.6 Å². The van der Waals surface area contributed by atoms with Gasteiger partial charge in [0.25, 0.3) is 0 Å². The molecule has 0 fully saturated rings. The van der Waals surface area contributed by atoms with E-state index in [9.17, 15) is 9.18 Å². The molecule has 0 spiro atoms. The molecule has 1 heterocycles. The van der Waals surface area contributed by atoms with E-state index in [-0.39, 0.29) is 17.6 Å². The summed E-state index contributed by atoms with van der Waals surface area (Å²) in [5.41, 5.74) is 10.2. The minimum atomic E-state index is -0.265. The third kappa shape index (κ3) is 7.57. The Bertz CT molecular complexity index is 1380. The summed E-state index contributed by atoms with van der Waals surface area (Å²) in [7, 11) is 0. The van der Waals surface area contributed by atoms with Crippen LogP contribution in [0, 0.1) is 5.82 Å². The van der Waals surface area contributed by atoms with E-state index in [1.54, 1.807) is 12.1 Å². The number of hydrogen-bond acceptors (Lipinski definition) is 4. The molecule has 1 amide bonds. The van der Waals surface area contributed by atoms with E-state index < -0.39 is 0 Å². The zero-order valence-electron chi connectivity index (χ0n) is 21.6. The number of halogens is 2. The average molecular weight is 536 g/mol. The molecule has 5 nitrogen and oxygen atoms in total. The quantitative estimate of drug-likeness (QED) is 0.0815. The standard InChI is InChI=1S/C31H35ClFN3O2/c32-21-30(37)36-18-8-6-4-2-1-3-5-7-17-35-25-14-16-27-29(20-25)38-28-19-24(34)13-15-26(28)31(27)22-9-11-23(33)12-10-22/h9-16,19-20H,1-8,17-18,21,34H2,(H,36,37). The number of benzene rings is 3. The van der Waals surface area contributed by atoms with Gasteiger partial charge in [0.2, 0.25) is 5.91 Å². The zero-order valence-corrected chi connectivity index (χ0v) is 22.4. The van der Waals surface area contributed by atoms with Crippen molar-refractivity contribution in [3.63, 3.8) is 0 Å². The maximum absolute atomic E-state index is 13.6. The number of hydrogen-bond donors (Lipinski definition) is 2. The van der Waals surface area contributed by atoms with Crippen molar-refractivity contribution in [3.8, 4) is 22.5 Å². The van der Waals surface area contributed by atoms with Crippen molar-refractivity contribution in [2.75, 3.05) is 24.7 Å². The molecule has 1 aliphatic heterocycles. The van der Waals surface area contributed by atoms with E-state index in [0.29, 0.717) is 17.8 Å². The maximum Gasteiger partial charge on any atom is 0.234 e. The summed E-state index contributed by atoms with van der Waals surface area (Å²) in [5, 5.41) is 4.61. The van der Waals surface area contributed by atoms with E-state index in [1.807, 2.05) is 36.4 Å². The molecule has 4 rings (SSSR count). The Kier molecular flexibility index (Phi) is 10.2. The Morgan fingerprint density at radius 1 is 0.895 bits per heavy atom. The summed E-state index contributed by atoms with van der Waals surface area (Å²) < 4.78 is 19.8.